The molecule has 0 aromatic carbocycles. The maximum atomic E-state index is 11.9. The Labute approximate surface area is 86.2 Å². The number of carbonyl (C=O) groups excluding carboxylic acids is 1. The molecule has 0 unspecified atom stereocenters. The van der Waals surface area contributed by atoms with Gasteiger partial charge in [-0.05, 0) is 26.0 Å². The Hall–Kier alpha value is -1.97. The quantitative estimate of drug-likeness (QED) is 0.653. The summed E-state index contributed by atoms with van der Waals surface area (Å²) in [5.41, 5.74) is 1.16. The third-order valence-electron chi connectivity index (χ3n) is 2.30. The van der Waals surface area contributed by atoms with Gasteiger partial charge in [-0.1, -0.05) is 6.07 Å². The Bertz CT molecular complexity index is 599. The van der Waals surface area contributed by atoms with Gasteiger partial charge in [-0.25, -0.2) is 4.98 Å². The highest BCUT2D eigenvalue weighted by molar-refractivity contribution is 5.93. The number of aromatic nitrogens is 2. The first-order valence-corrected chi connectivity index (χ1v) is 4.59. The molecule has 0 spiro atoms. The van der Waals surface area contributed by atoms with Crippen LogP contribution in [0.4, 0.5) is 0 Å². The minimum atomic E-state index is -0.300. The molecule has 0 amide bonds. The van der Waals surface area contributed by atoms with E-state index in [0.29, 0.717) is 5.65 Å². The summed E-state index contributed by atoms with van der Waals surface area (Å²) in [6.45, 7) is 3.17. The number of hydrogen-bond donors (Lipinski definition) is 0. The van der Waals surface area contributed by atoms with Crippen LogP contribution in [-0.4, -0.2) is 15.2 Å². The summed E-state index contributed by atoms with van der Waals surface area (Å²) in [7, 11) is 0. The van der Waals surface area contributed by atoms with Crippen LogP contribution in [0.1, 0.15) is 23.0 Å². The molecular weight excluding hydrogens is 192 g/mol. The van der Waals surface area contributed by atoms with E-state index in [1.54, 1.807) is 19.1 Å². The summed E-state index contributed by atoms with van der Waals surface area (Å²) < 4.78 is 1.44. The summed E-state index contributed by atoms with van der Waals surface area (Å²) in [6.07, 6.45) is 1.33. The highest BCUT2D eigenvalue weighted by Crippen LogP contribution is 2.02. The van der Waals surface area contributed by atoms with Crippen molar-refractivity contribution in [3.05, 3.63) is 46.0 Å². The van der Waals surface area contributed by atoms with E-state index in [-0.39, 0.29) is 16.9 Å². The molecule has 0 fully saturated rings. The third kappa shape index (κ3) is 1.44. The number of Topliss-reactive ketones (excluding diaryl/α,β-unsaturated/α-hetero) is 1. The van der Waals surface area contributed by atoms with Crippen molar-refractivity contribution >= 4 is 11.4 Å². The van der Waals surface area contributed by atoms with Crippen LogP contribution in [0, 0.1) is 6.92 Å². The topological polar surface area (TPSA) is 51.4 Å². The van der Waals surface area contributed by atoms with Gasteiger partial charge in [0.2, 0.25) is 0 Å². The fraction of sp³-hybridized carbons (Fsp3) is 0.182. The monoisotopic (exact) mass is 202 g/mol. The summed E-state index contributed by atoms with van der Waals surface area (Å²) in [5, 5.41) is 0. The molecule has 0 aliphatic heterocycles. The van der Waals surface area contributed by atoms with Gasteiger partial charge in [0, 0.05) is 11.9 Å². The maximum Gasteiger partial charge on any atom is 0.268 e. The summed E-state index contributed by atoms with van der Waals surface area (Å²) in [6, 6.07) is 5.36. The average molecular weight is 202 g/mol. The van der Waals surface area contributed by atoms with Gasteiger partial charge >= 0.3 is 0 Å². The molecule has 0 aliphatic rings. The summed E-state index contributed by atoms with van der Waals surface area (Å²) in [4.78, 5) is 27.1. The first kappa shape index (κ1) is 9.58. The molecule has 2 rings (SSSR count). The second kappa shape index (κ2) is 3.31. The number of nitrogens with zero attached hydrogens (tertiary/aromatic N) is 2. The second-order valence-electron chi connectivity index (χ2n) is 3.39. The first-order valence-electron chi connectivity index (χ1n) is 4.59. The van der Waals surface area contributed by atoms with Crippen LogP contribution < -0.4 is 5.56 Å². The smallest absolute Gasteiger partial charge is 0.268 e. The molecule has 0 saturated carbocycles. The van der Waals surface area contributed by atoms with Crippen molar-refractivity contribution in [1.82, 2.24) is 9.38 Å². The number of carbonyl (C=O) groups is 1. The van der Waals surface area contributed by atoms with Gasteiger partial charge in [0.1, 0.15) is 11.2 Å². The number of rotatable bonds is 1. The summed E-state index contributed by atoms with van der Waals surface area (Å²) >= 11 is 0. The Morgan fingerprint density at radius 1 is 1.40 bits per heavy atom. The molecule has 0 atom stereocenters. The molecule has 4 nitrogen and oxygen atoms in total. The molecule has 0 N–H and O–H groups in total. The van der Waals surface area contributed by atoms with E-state index in [0.717, 1.165) is 5.69 Å². The third-order valence-corrected chi connectivity index (χ3v) is 2.30. The normalized spacial score (nSPS) is 10.5. The minimum Gasteiger partial charge on any atom is -0.294 e. The van der Waals surface area contributed by atoms with E-state index in [1.807, 2.05) is 6.07 Å². The Balaban J connectivity index is 2.96. The highest BCUT2D eigenvalue weighted by Gasteiger charge is 2.09. The van der Waals surface area contributed by atoms with E-state index in [2.05, 4.69) is 4.98 Å². The van der Waals surface area contributed by atoms with Crippen LogP contribution in [0.3, 0.4) is 0 Å². The van der Waals surface area contributed by atoms with E-state index in [9.17, 15) is 9.59 Å². The van der Waals surface area contributed by atoms with Crippen LogP contribution in [0.25, 0.3) is 5.65 Å². The van der Waals surface area contributed by atoms with Crippen molar-refractivity contribution in [1.29, 1.82) is 0 Å². The number of hydrogen-bond acceptors (Lipinski definition) is 3. The lowest BCUT2D eigenvalue weighted by atomic mass is 10.2. The molecule has 2 heterocycles. The van der Waals surface area contributed by atoms with Gasteiger partial charge in [0.25, 0.3) is 5.56 Å². The van der Waals surface area contributed by atoms with E-state index >= 15 is 0 Å². The zero-order chi connectivity index (χ0) is 11.0. The molecular formula is C11H10N2O2. The minimum absolute atomic E-state index is 0.127. The lowest BCUT2D eigenvalue weighted by Crippen LogP contribution is -2.23. The maximum absolute atomic E-state index is 11.9. The van der Waals surface area contributed by atoms with Crippen molar-refractivity contribution in [2.45, 2.75) is 13.8 Å². The first-order chi connectivity index (χ1) is 7.11. The van der Waals surface area contributed by atoms with Gasteiger partial charge in [0.05, 0.1) is 0 Å². The molecule has 0 saturated heterocycles. The van der Waals surface area contributed by atoms with Crippen molar-refractivity contribution in [3.8, 4) is 0 Å². The fourth-order valence-electron chi connectivity index (χ4n) is 1.52. The van der Waals surface area contributed by atoms with Gasteiger partial charge in [-0.3, -0.25) is 14.0 Å². The van der Waals surface area contributed by atoms with Crippen LogP contribution in [0.15, 0.2) is 29.2 Å². The van der Waals surface area contributed by atoms with Crippen molar-refractivity contribution in [2.75, 3.05) is 0 Å². The second-order valence-corrected chi connectivity index (χ2v) is 3.39. The van der Waals surface area contributed by atoms with Crippen molar-refractivity contribution < 1.29 is 4.79 Å². The van der Waals surface area contributed by atoms with Crippen LogP contribution in [0.5, 0.6) is 0 Å². The Kier molecular flexibility index (Phi) is 2.11. The average Bonchev–Trinajstić information content (AvgIpc) is 2.17. The standard InChI is InChI=1S/C11H10N2O2/c1-7-4-3-5-10-12-6-9(8(2)14)11(15)13(7)10/h3-6H,1-2H3. The fourth-order valence-corrected chi connectivity index (χ4v) is 1.52. The molecule has 0 bridgehead atoms. The molecule has 0 radical (unpaired) electrons. The van der Waals surface area contributed by atoms with Gasteiger partial charge in [-0.2, -0.15) is 0 Å². The van der Waals surface area contributed by atoms with Crippen LogP contribution >= 0.6 is 0 Å². The van der Waals surface area contributed by atoms with Crippen molar-refractivity contribution in [3.63, 3.8) is 0 Å². The zero-order valence-electron chi connectivity index (χ0n) is 8.52. The van der Waals surface area contributed by atoms with Crippen molar-refractivity contribution in [2.24, 2.45) is 0 Å². The van der Waals surface area contributed by atoms with E-state index in [1.165, 1.54) is 17.5 Å². The molecule has 2 aromatic rings. The van der Waals surface area contributed by atoms with E-state index in [4.69, 9.17) is 0 Å². The lowest BCUT2D eigenvalue weighted by Gasteiger charge is -2.04. The zero-order valence-corrected chi connectivity index (χ0v) is 8.52. The molecule has 4 heteroatoms. The Morgan fingerprint density at radius 2 is 2.13 bits per heavy atom. The van der Waals surface area contributed by atoms with Gasteiger partial charge < -0.3 is 0 Å². The predicted octanol–water partition coefficient (Wildman–Crippen LogP) is 1.21. The molecule has 0 aliphatic carbocycles. The molecule has 2 aromatic heterocycles. The number of fused-ring (bicyclic) bond motifs is 1. The lowest BCUT2D eigenvalue weighted by molar-refractivity contribution is 0.101. The number of aryl methyl sites for hydroxylation is 1. The van der Waals surface area contributed by atoms with Crippen LogP contribution in [0.2, 0.25) is 0 Å². The van der Waals surface area contributed by atoms with E-state index < -0.39 is 0 Å². The highest BCUT2D eigenvalue weighted by atomic mass is 16.1. The summed E-state index contributed by atoms with van der Waals surface area (Å²) in [5.74, 6) is -0.259. The number of pyridine rings is 1. The Morgan fingerprint density at radius 3 is 2.80 bits per heavy atom. The largest absolute Gasteiger partial charge is 0.294 e. The van der Waals surface area contributed by atoms with Gasteiger partial charge in [0.15, 0.2) is 5.78 Å². The SMILES string of the molecule is CC(=O)c1cnc2cccc(C)n2c1=O. The number of ketones is 1. The molecule has 76 valence electrons. The molecule has 15 heavy (non-hydrogen) atoms. The predicted molar refractivity (Wildman–Crippen MR) is 56.2 cm³/mol. The van der Waals surface area contributed by atoms with Crippen LogP contribution in [-0.2, 0) is 0 Å². The van der Waals surface area contributed by atoms with Gasteiger partial charge in [-0.15, -0.1) is 0 Å².